The number of carbonyl (C=O) groups is 1. The second kappa shape index (κ2) is 11.1. The van der Waals surface area contributed by atoms with Crippen LogP contribution in [0.4, 0.5) is 17.3 Å². The van der Waals surface area contributed by atoms with Gasteiger partial charge in [0.05, 0.1) is 0 Å². The fourth-order valence-corrected chi connectivity index (χ4v) is 4.14. The lowest BCUT2D eigenvalue weighted by Crippen LogP contribution is -2.13. The average Bonchev–Trinajstić information content (AvgIpc) is 3.54. The van der Waals surface area contributed by atoms with E-state index in [4.69, 9.17) is 11.5 Å². The second-order valence-electron chi connectivity index (χ2n) is 8.09. The number of anilines is 2. The van der Waals surface area contributed by atoms with Gasteiger partial charge >= 0.3 is 0 Å². The zero-order chi connectivity index (χ0) is 23.1. The average molecular weight is 469 g/mol. The summed E-state index contributed by atoms with van der Waals surface area (Å²) in [5.41, 5.74) is 13.0. The summed E-state index contributed by atoms with van der Waals surface area (Å²) in [5, 5.41) is 6.87. The van der Waals surface area contributed by atoms with Gasteiger partial charge in [-0.05, 0) is 67.9 Å². The van der Waals surface area contributed by atoms with Crippen molar-refractivity contribution in [3.8, 4) is 0 Å². The van der Waals surface area contributed by atoms with Crippen LogP contribution in [-0.4, -0.2) is 37.1 Å². The van der Waals surface area contributed by atoms with Crippen LogP contribution in [-0.2, 0) is 4.79 Å². The predicted octanol–water partition coefficient (Wildman–Crippen LogP) is 3.99. The maximum absolute atomic E-state index is 11.9. The molecule has 3 rings (SSSR count). The molecule has 1 aliphatic carbocycles. The predicted molar refractivity (Wildman–Crippen MR) is 134 cm³/mol. The summed E-state index contributed by atoms with van der Waals surface area (Å²) >= 11 is 1.42. The number of amides is 1. The molecule has 1 aromatic carbocycles. The van der Waals surface area contributed by atoms with Crippen LogP contribution >= 0.6 is 11.8 Å². The fourth-order valence-electron chi connectivity index (χ4n) is 2.75. The SMILES string of the molecule is CC(N)=CC(N)=Nc1cc(NCC[Si](C)C)nc(Sc2ccc(NC(=O)C3CC3)cc2)n1. The van der Waals surface area contributed by atoms with Crippen LogP contribution in [0.5, 0.6) is 0 Å². The summed E-state index contributed by atoms with van der Waals surface area (Å²) in [6.07, 6.45) is 3.56. The Morgan fingerprint density at radius 3 is 2.59 bits per heavy atom. The van der Waals surface area contributed by atoms with Gasteiger partial charge in [-0.25, -0.2) is 15.0 Å². The number of hydrogen-bond donors (Lipinski definition) is 4. The summed E-state index contributed by atoms with van der Waals surface area (Å²) in [4.78, 5) is 26.4. The van der Waals surface area contributed by atoms with Crippen LogP contribution in [0.3, 0.4) is 0 Å². The molecule has 6 N–H and O–H groups in total. The highest BCUT2D eigenvalue weighted by atomic mass is 32.2. The monoisotopic (exact) mass is 468 g/mol. The Kier molecular flexibility index (Phi) is 8.29. The maximum atomic E-state index is 11.9. The van der Waals surface area contributed by atoms with Gasteiger partial charge in [0.2, 0.25) is 5.91 Å². The van der Waals surface area contributed by atoms with Gasteiger partial charge in [0, 0.05) is 43.6 Å². The molecule has 1 saturated carbocycles. The Morgan fingerprint density at radius 2 is 1.97 bits per heavy atom. The zero-order valence-electron chi connectivity index (χ0n) is 18.7. The molecule has 0 unspecified atom stereocenters. The lowest BCUT2D eigenvalue weighted by Gasteiger charge is -2.10. The normalized spacial score (nSPS) is 14.5. The Bertz CT molecular complexity index is 1000. The van der Waals surface area contributed by atoms with Crippen LogP contribution in [0, 0.1) is 5.92 Å². The molecule has 1 aliphatic rings. The molecule has 0 spiro atoms. The molecular formula is C22H30N7OSSi. The smallest absolute Gasteiger partial charge is 0.227 e. The van der Waals surface area contributed by atoms with Crippen molar-refractivity contribution in [2.24, 2.45) is 22.4 Å². The highest BCUT2D eigenvalue weighted by Crippen LogP contribution is 2.31. The van der Waals surface area contributed by atoms with Crippen molar-refractivity contribution >= 4 is 49.6 Å². The minimum atomic E-state index is -0.329. The van der Waals surface area contributed by atoms with Gasteiger partial charge in [-0.1, -0.05) is 13.1 Å². The summed E-state index contributed by atoms with van der Waals surface area (Å²) < 4.78 is 0. The van der Waals surface area contributed by atoms with Crippen molar-refractivity contribution in [2.45, 2.75) is 49.0 Å². The third kappa shape index (κ3) is 8.01. The topological polar surface area (TPSA) is 131 Å². The van der Waals surface area contributed by atoms with E-state index in [9.17, 15) is 4.79 Å². The number of aromatic nitrogens is 2. The van der Waals surface area contributed by atoms with Crippen LogP contribution < -0.4 is 22.1 Å². The number of hydrogen-bond acceptors (Lipinski definition) is 7. The van der Waals surface area contributed by atoms with Crippen molar-refractivity contribution in [2.75, 3.05) is 17.2 Å². The molecule has 32 heavy (non-hydrogen) atoms. The molecule has 0 saturated heterocycles. The molecule has 0 bridgehead atoms. The van der Waals surface area contributed by atoms with Crippen LogP contribution in [0.1, 0.15) is 19.8 Å². The second-order valence-corrected chi connectivity index (χ2v) is 12.0. The Labute approximate surface area is 195 Å². The number of amidine groups is 1. The van der Waals surface area contributed by atoms with Crippen molar-refractivity contribution in [3.63, 3.8) is 0 Å². The van der Waals surface area contributed by atoms with E-state index in [1.54, 1.807) is 19.1 Å². The molecule has 8 nitrogen and oxygen atoms in total. The van der Waals surface area contributed by atoms with Crippen LogP contribution in [0.2, 0.25) is 19.1 Å². The molecule has 1 fully saturated rings. The van der Waals surface area contributed by atoms with Crippen molar-refractivity contribution in [3.05, 3.63) is 42.1 Å². The standard InChI is InChI=1S/C22H30N7OSSi/c1-14(23)12-18(24)27-20-13-19(25-10-11-32(2)3)28-22(29-20)31-17-8-6-16(7-9-17)26-21(30)15-4-5-15/h6-9,12-13,15H,4-5,10-11,23H2,1-3H3,(H,26,30)(H3,24,25,27,28,29). The number of carbonyl (C=O) groups excluding carboxylic acids is 1. The van der Waals surface area contributed by atoms with Crippen LogP contribution in [0.15, 0.2) is 57.1 Å². The van der Waals surface area contributed by atoms with E-state index in [2.05, 4.69) is 38.7 Å². The van der Waals surface area contributed by atoms with E-state index in [1.165, 1.54) is 11.8 Å². The molecule has 169 valence electrons. The molecule has 10 heteroatoms. The summed E-state index contributed by atoms with van der Waals surface area (Å²) in [7, 11) is -0.329. The largest absolute Gasteiger partial charge is 0.402 e. The summed E-state index contributed by atoms with van der Waals surface area (Å²) in [5.74, 6) is 1.73. The third-order valence-electron chi connectivity index (χ3n) is 4.52. The van der Waals surface area contributed by atoms with Gasteiger partial charge in [-0.2, -0.15) is 0 Å². The van der Waals surface area contributed by atoms with Gasteiger partial charge in [0.15, 0.2) is 11.0 Å². The minimum Gasteiger partial charge on any atom is -0.402 e. The number of rotatable bonds is 10. The highest BCUT2D eigenvalue weighted by Gasteiger charge is 2.29. The van der Waals surface area contributed by atoms with Gasteiger partial charge in [-0.3, -0.25) is 4.79 Å². The Balaban J connectivity index is 1.76. The first-order valence-electron chi connectivity index (χ1n) is 10.6. The number of aliphatic imine (C=N–C) groups is 1. The van der Waals surface area contributed by atoms with Crippen molar-refractivity contribution in [1.29, 1.82) is 0 Å². The molecule has 0 aliphatic heterocycles. The number of benzene rings is 1. The van der Waals surface area contributed by atoms with Crippen molar-refractivity contribution in [1.82, 2.24) is 9.97 Å². The van der Waals surface area contributed by atoms with E-state index in [1.807, 2.05) is 24.3 Å². The van der Waals surface area contributed by atoms with Gasteiger partial charge in [-0.15, -0.1) is 0 Å². The van der Waals surface area contributed by atoms with Gasteiger partial charge in [0.25, 0.3) is 0 Å². The lowest BCUT2D eigenvalue weighted by molar-refractivity contribution is -0.117. The summed E-state index contributed by atoms with van der Waals surface area (Å²) in [6.45, 7) is 7.16. The first kappa shape index (κ1) is 23.8. The minimum absolute atomic E-state index is 0.0954. The first-order chi connectivity index (χ1) is 15.3. The van der Waals surface area contributed by atoms with E-state index >= 15 is 0 Å². The van der Waals surface area contributed by atoms with E-state index in [0.29, 0.717) is 22.5 Å². The van der Waals surface area contributed by atoms with Gasteiger partial charge in [0.1, 0.15) is 11.7 Å². The van der Waals surface area contributed by atoms with Crippen molar-refractivity contribution < 1.29 is 4.79 Å². The first-order valence-corrected chi connectivity index (χ1v) is 14.1. The number of nitrogens with two attached hydrogens (primary N) is 2. The molecule has 2 aromatic rings. The fraction of sp³-hybridized carbons (Fsp3) is 0.364. The molecule has 1 heterocycles. The lowest BCUT2D eigenvalue weighted by atomic mass is 10.3. The molecule has 1 radical (unpaired) electrons. The molecule has 0 atom stereocenters. The quantitative estimate of drug-likeness (QED) is 0.179. The highest BCUT2D eigenvalue weighted by molar-refractivity contribution is 7.99. The number of allylic oxidation sites excluding steroid dienone is 1. The zero-order valence-corrected chi connectivity index (χ0v) is 20.5. The third-order valence-corrected chi connectivity index (χ3v) is 6.64. The molecular weight excluding hydrogens is 438 g/mol. The number of nitrogens with one attached hydrogen (secondary N) is 2. The maximum Gasteiger partial charge on any atom is 0.227 e. The molecule has 1 amide bonds. The molecule has 1 aromatic heterocycles. The van der Waals surface area contributed by atoms with Crippen LogP contribution in [0.25, 0.3) is 0 Å². The van der Waals surface area contributed by atoms with E-state index in [0.717, 1.165) is 36.0 Å². The Morgan fingerprint density at radius 1 is 1.25 bits per heavy atom. The van der Waals surface area contributed by atoms with E-state index < -0.39 is 0 Å². The van der Waals surface area contributed by atoms with Gasteiger partial charge < -0.3 is 22.1 Å². The Hall–Kier alpha value is -2.85. The van der Waals surface area contributed by atoms with E-state index in [-0.39, 0.29) is 26.5 Å². The summed E-state index contributed by atoms with van der Waals surface area (Å²) in [6, 6.07) is 10.6. The number of nitrogens with zero attached hydrogens (tertiary/aromatic N) is 3.